The lowest BCUT2D eigenvalue weighted by Gasteiger charge is -2.62. The van der Waals surface area contributed by atoms with Gasteiger partial charge < -0.3 is 14.2 Å². The third kappa shape index (κ3) is 4.19. The summed E-state index contributed by atoms with van der Waals surface area (Å²) in [6, 6.07) is 0. The molecule has 0 aromatic heterocycles. The van der Waals surface area contributed by atoms with Gasteiger partial charge in [-0.3, -0.25) is 4.79 Å². The Labute approximate surface area is 207 Å². The Bertz CT molecular complexity index is 776. The maximum Gasteiger partial charge on any atom is 0.133 e. The summed E-state index contributed by atoms with van der Waals surface area (Å²) in [5.74, 6) is 5.95. The molecule has 0 saturated heterocycles. The zero-order chi connectivity index (χ0) is 23.9. The first-order chi connectivity index (χ1) is 16.4. The number of carbonyl (C=O) groups is 1. The summed E-state index contributed by atoms with van der Waals surface area (Å²) in [7, 11) is 1.82. The summed E-state index contributed by atoms with van der Waals surface area (Å²) in [6.07, 6.45) is 15.0. The summed E-state index contributed by atoms with van der Waals surface area (Å²) < 4.78 is 18.0. The molecule has 0 spiro atoms. The first kappa shape index (κ1) is 24.8. The Morgan fingerprint density at radius 1 is 1.15 bits per heavy atom. The molecule has 0 aromatic carbocycles. The Morgan fingerprint density at radius 2 is 2.00 bits per heavy atom. The molecule has 5 rings (SSSR count). The molecule has 4 heteroatoms. The second kappa shape index (κ2) is 9.88. The highest BCUT2D eigenvalue weighted by Gasteiger charge is 2.64. The number of rotatable bonds is 7. The average Bonchev–Trinajstić information content (AvgIpc) is 3.19. The molecule has 4 fully saturated rings. The van der Waals surface area contributed by atoms with Crippen molar-refractivity contribution in [3.05, 3.63) is 11.8 Å². The van der Waals surface area contributed by atoms with Crippen LogP contribution in [-0.2, 0) is 19.0 Å². The van der Waals surface area contributed by atoms with Crippen LogP contribution in [0.2, 0.25) is 0 Å². The molecule has 4 aliphatic carbocycles. The summed E-state index contributed by atoms with van der Waals surface area (Å²) in [6.45, 7) is 10.00. The number of fused-ring (bicyclic) bond motifs is 5. The summed E-state index contributed by atoms with van der Waals surface area (Å²) in [4.78, 5) is 12.4. The lowest BCUT2D eigenvalue weighted by atomic mass is 9.43. The van der Waals surface area contributed by atoms with Gasteiger partial charge in [-0.1, -0.05) is 20.8 Å². The van der Waals surface area contributed by atoms with Crippen molar-refractivity contribution >= 4 is 5.78 Å². The van der Waals surface area contributed by atoms with Crippen molar-refractivity contribution in [2.24, 2.45) is 46.3 Å². The third-order valence-electron chi connectivity index (χ3n) is 11.5. The van der Waals surface area contributed by atoms with Crippen LogP contribution >= 0.6 is 0 Å². The molecule has 1 heterocycles. The van der Waals surface area contributed by atoms with Gasteiger partial charge in [0.15, 0.2) is 0 Å². The van der Waals surface area contributed by atoms with Gasteiger partial charge in [-0.05, 0) is 98.4 Å². The molecule has 0 bridgehead atoms. The van der Waals surface area contributed by atoms with E-state index >= 15 is 0 Å². The largest absolute Gasteiger partial charge is 0.494 e. The number of ketones is 1. The van der Waals surface area contributed by atoms with E-state index in [1.807, 2.05) is 7.11 Å². The van der Waals surface area contributed by atoms with Crippen molar-refractivity contribution in [2.75, 3.05) is 26.9 Å². The number of methoxy groups -OCH3 is 1. The number of ether oxygens (including phenoxy) is 3. The molecule has 4 saturated carbocycles. The van der Waals surface area contributed by atoms with Gasteiger partial charge in [-0.25, -0.2) is 0 Å². The van der Waals surface area contributed by atoms with Crippen LogP contribution < -0.4 is 0 Å². The maximum atomic E-state index is 12.4. The standard InChI is InChI=1S/C30H48O4/c1-20(6-5-15-32-4)25-9-10-26-24-8-7-21-18-22(31)11-14-29(21,2)27(24)19-28(30(25,26)3)34-23-12-16-33-17-13-23/h12,20-21,24-28H,5-11,13-19H2,1-4H3/t20-,21-,24+,25-,26+,27+,28+,29+,30-/m1/s1. The molecule has 0 unspecified atom stereocenters. The first-order valence-corrected chi connectivity index (χ1v) is 14.3. The molecule has 1 aliphatic heterocycles. The van der Waals surface area contributed by atoms with Crippen LogP contribution in [0.4, 0.5) is 0 Å². The molecule has 0 radical (unpaired) electrons. The highest BCUT2D eigenvalue weighted by molar-refractivity contribution is 5.79. The number of carbonyl (C=O) groups excluding carboxylic acids is 1. The SMILES string of the molecule is COCCC[C@@H](C)[C@H]1CC[C@H]2[C@@H]3CC[C@@H]4CC(=O)CC[C@]4(C)[C@H]3C[C@H](OC3=CCOCC3)[C@]12C. The van der Waals surface area contributed by atoms with E-state index in [0.29, 0.717) is 35.6 Å². The molecule has 5 aliphatic rings. The fourth-order valence-corrected chi connectivity index (χ4v) is 9.67. The van der Waals surface area contributed by atoms with Crippen LogP contribution in [0.25, 0.3) is 0 Å². The zero-order valence-electron chi connectivity index (χ0n) is 22.2. The van der Waals surface area contributed by atoms with E-state index in [9.17, 15) is 4.79 Å². The number of hydrogen-bond acceptors (Lipinski definition) is 4. The molecule has 192 valence electrons. The van der Waals surface area contributed by atoms with Crippen molar-refractivity contribution < 1.29 is 19.0 Å². The van der Waals surface area contributed by atoms with Crippen molar-refractivity contribution in [1.82, 2.24) is 0 Å². The normalized spacial score (nSPS) is 45.1. The van der Waals surface area contributed by atoms with Gasteiger partial charge >= 0.3 is 0 Å². The summed E-state index contributed by atoms with van der Waals surface area (Å²) in [5.41, 5.74) is 0.548. The predicted molar refractivity (Wildman–Crippen MR) is 134 cm³/mol. The van der Waals surface area contributed by atoms with Crippen LogP contribution in [-0.4, -0.2) is 38.8 Å². The van der Waals surface area contributed by atoms with Gasteiger partial charge in [-0.2, -0.15) is 0 Å². The highest BCUT2D eigenvalue weighted by atomic mass is 16.5. The molecular formula is C30H48O4. The second-order valence-electron chi connectivity index (χ2n) is 12.9. The monoisotopic (exact) mass is 472 g/mol. The Balaban J connectivity index is 1.45. The van der Waals surface area contributed by atoms with Gasteiger partial charge in [0.25, 0.3) is 0 Å². The quantitative estimate of drug-likeness (QED) is 0.393. The molecule has 0 aromatic rings. The van der Waals surface area contributed by atoms with Crippen LogP contribution in [0.3, 0.4) is 0 Å². The fraction of sp³-hybridized carbons (Fsp3) is 0.900. The van der Waals surface area contributed by atoms with Crippen LogP contribution in [0, 0.1) is 46.3 Å². The topological polar surface area (TPSA) is 44.8 Å². The minimum atomic E-state index is 0.237. The highest BCUT2D eigenvalue weighted by Crippen LogP contribution is 2.69. The van der Waals surface area contributed by atoms with Crippen LogP contribution in [0.15, 0.2) is 11.8 Å². The zero-order valence-corrected chi connectivity index (χ0v) is 22.2. The average molecular weight is 473 g/mol. The van der Waals surface area contributed by atoms with Gasteiger partial charge in [-0.15, -0.1) is 0 Å². The van der Waals surface area contributed by atoms with Gasteiger partial charge in [0.2, 0.25) is 0 Å². The van der Waals surface area contributed by atoms with Gasteiger partial charge in [0.05, 0.1) is 19.0 Å². The minimum absolute atomic E-state index is 0.237. The molecule has 34 heavy (non-hydrogen) atoms. The maximum absolute atomic E-state index is 12.4. The number of hydrogen-bond donors (Lipinski definition) is 0. The van der Waals surface area contributed by atoms with Crippen molar-refractivity contribution in [2.45, 2.75) is 97.5 Å². The molecular weight excluding hydrogens is 424 g/mol. The van der Waals surface area contributed by atoms with E-state index in [1.165, 1.54) is 44.3 Å². The first-order valence-electron chi connectivity index (χ1n) is 14.3. The minimum Gasteiger partial charge on any atom is -0.494 e. The van der Waals surface area contributed by atoms with E-state index in [4.69, 9.17) is 14.2 Å². The predicted octanol–water partition coefficient (Wildman–Crippen LogP) is 6.58. The molecule has 0 N–H and O–H groups in total. The third-order valence-corrected chi connectivity index (χ3v) is 11.5. The molecule has 4 nitrogen and oxygen atoms in total. The smallest absolute Gasteiger partial charge is 0.133 e. The van der Waals surface area contributed by atoms with Gasteiger partial charge in [0.1, 0.15) is 11.9 Å². The van der Waals surface area contributed by atoms with Gasteiger partial charge in [0, 0.05) is 38.4 Å². The summed E-state index contributed by atoms with van der Waals surface area (Å²) in [5, 5.41) is 0. The molecule has 9 atom stereocenters. The summed E-state index contributed by atoms with van der Waals surface area (Å²) >= 11 is 0. The van der Waals surface area contributed by atoms with E-state index in [-0.39, 0.29) is 11.5 Å². The fourth-order valence-electron chi connectivity index (χ4n) is 9.67. The van der Waals surface area contributed by atoms with Crippen molar-refractivity contribution in [3.63, 3.8) is 0 Å². The van der Waals surface area contributed by atoms with E-state index in [1.54, 1.807) is 0 Å². The Hall–Kier alpha value is -0.870. The van der Waals surface area contributed by atoms with Crippen LogP contribution in [0.5, 0.6) is 0 Å². The lowest BCUT2D eigenvalue weighted by Crippen LogP contribution is -2.59. The van der Waals surface area contributed by atoms with Crippen molar-refractivity contribution in [3.8, 4) is 0 Å². The Kier molecular flexibility index (Phi) is 7.21. The van der Waals surface area contributed by atoms with E-state index < -0.39 is 0 Å². The number of Topliss-reactive ketones (excluding diaryl/α,β-unsaturated/α-hetero) is 1. The lowest BCUT2D eigenvalue weighted by molar-refractivity contribution is -0.177. The van der Waals surface area contributed by atoms with E-state index in [0.717, 1.165) is 63.1 Å². The van der Waals surface area contributed by atoms with Crippen molar-refractivity contribution in [1.29, 1.82) is 0 Å². The Morgan fingerprint density at radius 3 is 2.76 bits per heavy atom. The second-order valence-corrected chi connectivity index (χ2v) is 12.9. The molecule has 0 amide bonds. The van der Waals surface area contributed by atoms with E-state index in [2.05, 4.69) is 26.8 Å². The van der Waals surface area contributed by atoms with Crippen LogP contribution in [0.1, 0.15) is 91.4 Å².